The number of carbonyl (C=O) groups is 1. The highest BCUT2D eigenvalue weighted by Crippen LogP contribution is 2.64. The fourth-order valence-electron chi connectivity index (χ4n) is 6.07. The largest absolute Gasteiger partial charge is 0.748 e. The van der Waals surface area contributed by atoms with Gasteiger partial charge in [-0.3, -0.25) is 4.79 Å². The minimum atomic E-state index is -4.33. The number of rotatable bonds is 3. The SMILES string of the molecule is CC1(C)[C@H]2CC[C@@]1(CS(=O)(=O)[O-])C(=O)C2.c1ccc(-[s+]2c3ccccc3c3ccccc32)cc1. The maximum Gasteiger partial charge on any atom is 0.187 e. The number of hydrogen-bond acceptors (Lipinski definition) is 4. The fraction of sp³-hybridized carbons (Fsp3) is 0.321. The van der Waals surface area contributed by atoms with Crippen LogP contribution in [-0.4, -0.2) is 24.5 Å². The maximum absolute atomic E-state index is 11.8. The fourth-order valence-corrected chi connectivity index (χ4v) is 9.75. The van der Waals surface area contributed by atoms with Crippen molar-refractivity contribution < 1.29 is 17.8 Å². The van der Waals surface area contributed by atoms with E-state index in [1.54, 1.807) is 0 Å². The lowest BCUT2D eigenvalue weighted by Crippen LogP contribution is -2.42. The van der Waals surface area contributed by atoms with Crippen LogP contribution in [0.4, 0.5) is 0 Å². The molecule has 0 spiro atoms. The number of hydrogen-bond donors (Lipinski definition) is 0. The summed E-state index contributed by atoms with van der Waals surface area (Å²) in [5, 5.41) is 2.79. The third kappa shape index (κ3) is 3.69. The van der Waals surface area contributed by atoms with Gasteiger partial charge in [-0.25, -0.2) is 8.42 Å². The molecular formula is C28H28O4S2. The highest BCUT2D eigenvalue weighted by atomic mass is 32.2. The van der Waals surface area contributed by atoms with Crippen LogP contribution in [0.5, 0.6) is 0 Å². The maximum atomic E-state index is 11.8. The van der Waals surface area contributed by atoms with Crippen molar-refractivity contribution in [3.05, 3.63) is 78.9 Å². The van der Waals surface area contributed by atoms with Crippen molar-refractivity contribution in [3.8, 4) is 4.90 Å². The molecule has 2 aliphatic carbocycles. The van der Waals surface area contributed by atoms with Crippen LogP contribution in [0.1, 0.15) is 33.1 Å². The Balaban J connectivity index is 0.000000146. The predicted octanol–water partition coefficient (Wildman–Crippen LogP) is 6.66. The van der Waals surface area contributed by atoms with Gasteiger partial charge in [0.25, 0.3) is 0 Å². The zero-order chi connectivity index (χ0) is 24.1. The minimum absolute atomic E-state index is 0.0248. The van der Waals surface area contributed by atoms with Gasteiger partial charge in [0.15, 0.2) is 14.3 Å². The number of fused-ring (bicyclic) bond motifs is 5. The summed E-state index contributed by atoms with van der Waals surface area (Å²) in [5.41, 5.74) is -1.22. The van der Waals surface area contributed by atoms with Crippen molar-refractivity contribution in [1.82, 2.24) is 0 Å². The Bertz CT molecular complexity index is 1430. The van der Waals surface area contributed by atoms with Gasteiger partial charge in [0.1, 0.15) is 5.78 Å². The van der Waals surface area contributed by atoms with E-state index in [0.29, 0.717) is 12.8 Å². The molecule has 1 aromatic heterocycles. The number of thiophene rings is 1. The van der Waals surface area contributed by atoms with Gasteiger partial charge in [0, 0.05) is 33.1 Å². The van der Waals surface area contributed by atoms with Gasteiger partial charge >= 0.3 is 0 Å². The molecule has 2 fully saturated rings. The van der Waals surface area contributed by atoms with Crippen molar-refractivity contribution in [1.29, 1.82) is 0 Å². The second kappa shape index (κ2) is 8.29. The van der Waals surface area contributed by atoms with Crippen LogP contribution in [0.2, 0.25) is 0 Å². The summed E-state index contributed by atoms with van der Waals surface area (Å²) in [4.78, 5) is 13.3. The molecule has 0 saturated heterocycles. The second-order valence-corrected chi connectivity index (χ2v) is 13.3. The molecule has 4 nitrogen and oxygen atoms in total. The third-order valence-electron chi connectivity index (χ3n) is 8.05. The zero-order valence-corrected chi connectivity index (χ0v) is 21.0. The van der Waals surface area contributed by atoms with Gasteiger partial charge in [-0.05, 0) is 60.6 Å². The molecule has 2 atom stereocenters. The van der Waals surface area contributed by atoms with E-state index in [1.807, 2.05) is 13.8 Å². The van der Waals surface area contributed by atoms with Crippen molar-refractivity contribution in [3.63, 3.8) is 0 Å². The lowest BCUT2D eigenvalue weighted by Gasteiger charge is -2.37. The molecule has 6 rings (SSSR count). The topological polar surface area (TPSA) is 74.3 Å². The molecule has 0 radical (unpaired) electrons. The molecule has 6 heteroatoms. The van der Waals surface area contributed by atoms with Crippen LogP contribution < -0.4 is 0 Å². The van der Waals surface area contributed by atoms with E-state index in [0.717, 1.165) is 6.42 Å². The van der Waals surface area contributed by atoms with Crippen LogP contribution in [0.3, 0.4) is 0 Å². The molecule has 0 aliphatic heterocycles. The first-order valence-corrected chi connectivity index (χ1v) is 14.4. The third-order valence-corrected chi connectivity index (χ3v) is 11.2. The first-order valence-electron chi connectivity index (χ1n) is 11.6. The summed E-state index contributed by atoms with van der Waals surface area (Å²) >= 11 is 0. The Morgan fingerprint density at radius 1 is 0.882 bits per heavy atom. The molecule has 0 N–H and O–H groups in total. The van der Waals surface area contributed by atoms with Crippen LogP contribution in [0.25, 0.3) is 25.1 Å². The van der Waals surface area contributed by atoms with Crippen LogP contribution in [0.15, 0.2) is 78.9 Å². The van der Waals surface area contributed by atoms with Crippen molar-refractivity contribution in [2.24, 2.45) is 16.7 Å². The molecule has 0 unspecified atom stereocenters. The van der Waals surface area contributed by atoms with Crippen molar-refractivity contribution in [2.75, 3.05) is 5.75 Å². The summed E-state index contributed by atoms with van der Waals surface area (Å²) in [7, 11) is -4.27. The average Bonchev–Trinajstić information content (AvgIpc) is 3.33. The van der Waals surface area contributed by atoms with Gasteiger partial charge in [-0.1, -0.05) is 56.3 Å². The predicted molar refractivity (Wildman–Crippen MR) is 138 cm³/mol. The van der Waals surface area contributed by atoms with E-state index in [9.17, 15) is 17.8 Å². The Morgan fingerprint density at radius 2 is 1.41 bits per heavy atom. The van der Waals surface area contributed by atoms with E-state index < -0.39 is 21.3 Å². The Hall–Kier alpha value is -2.54. The lowest BCUT2D eigenvalue weighted by atomic mass is 9.70. The Kier molecular flexibility index (Phi) is 5.66. The molecule has 0 amide bonds. The molecule has 2 bridgehead atoms. The number of Topliss-reactive ketones (excluding diaryl/α,β-unsaturated/α-hetero) is 1. The first-order chi connectivity index (χ1) is 16.1. The zero-order valence-electron chi connectivity index (χ0n) is 19.4. The van der Waals surface area contributed by atoms with E-state index in [4.69, 9.17) is 0 Å². The van der Waals surface area contributed by atoms with E-state index >= 15 is 0 Å². The van der Waals surface area contributed by atoms with Crippen molar-refractivity contribution >= 4 is 46.5 Å². The number of benzene rings is 3. The van der Waals surface area contributed by atoms with Crippen molar-refractivity contribution in [2.45, 2.75) is 33.1 Å². The first kappa shape index (κ1) is 23.2. The summed E-state index contributed by atoms with van der Waals surface area (Å²) in [6.45, 7) is 3.83. The molecule has 34 heavy (non-hydrogen) atoms. The highest BCUT2D eigenvalue weighted by Gasteiger charge is 2.64. The van der Waals surface area contributed by atoms with Crippen LogP contribution >= 0.6 is 10.5 Å². The van der Waals surface area contributed by atoms with Gasteiger partial charge in [0.2, 0.25) is 0 Å². The molecule has 2 saturated carbocycles. The molecule has 2 aliphatic rings. The summed E-state index contributed by atoms with van der Waals surface area (Å²) < 4.78 is 35.6. The Labute approximate surface area is 203 Å². The standard InChI is InChI=1S/C18H13S.C10H16O4S/c1-2-8-14(9-3-1)19-17-12-6-4-10-15(17)16-11-5-7-13-18(16)19;1-9(2)7-3-4-10(9,8(11)5-7)6-15(12,13)14/h1-13H;7H,3-6H2,1-2H3,(H,12,13,14)/q+1;/p-1/t;7-,10+/m.0/s1. The summed E-state index contributed by atoms with van der Waals surface area (Å²) in [5.74, 6) is -0.280. The van der Waals surface area contributed by atoms with Crippen LogP contribution in [-0.2, 0) is 14.9 Å². The number of ketones is 1. The molecular weight excluding hydrogens is 464 g/mol. The molecule has 176 valence electrons. The monoisotopic (exact) mass is 492 g/mol. The van der Waals surface area contributed by atoms with E-state index in [1.165, 1.54) is 25.1 Å². The highest BCUT2D eigenvalue weighted by molar-refractivity contribution is 7.85. The molecule has 3 aromatic carbocycles. The van der Waals surface area contributed by atoms with E-state index in [2.05, 4.69) is 78.9 Å². The average molecular weight is 493 g/mol. The summed E-state index contributed by atoms with van der Waals surface area (Å²) in [6.07, 6.45) is 1.88. The summed E-state index contributed by atoms with van der Waals surface area (Å²) in [6, 6.07) is 28.4. The second-order valence-electron chi connectivity index (χ2n) is 9.98. The quantitative estimate of drug-likeness (QED) is 0.237. The lowest BCUT2D eigenvalue weighted by molar-refractivity contribution is -0.128. The normalized spacial score (nSPS) is 23.3. The minimum Gasteiger partial charge on any atom is -0.748 e. The van der Waals surface area contributed by atoms with Gasteiger partial charge < -0.3 is 4.55 Å². The van der Waals surface area contributed by atoms with Gasteiger partial charge in [-0.15, -0.1) is 0 Å². The number of carbonyl (C=O) groups excluding carboxylic acids is 1. The van der Waals surface area contributed by atoms with E-state index in [-0.39, 0.29) is 27.6 Å². The molecule has 4 aromatic rings. The molecule has 1 heterocycles. The Morgan fingerprint density at radius 3 is 1.88 bits per heavy atom. The van der Waals surface area contributed by atoms with Crippen LogP contribution in [0, 0.1) is 16.7 Å². The van der Waals surface area contributed by atoms with Gasteiger partial charge in [0.05, 0.1) is 15.9 Å². The smallest absolute Gasteiger partial charge is 0.187 e. The van der Waals surface area contributed by atoms with Gasteiger partial charge in [-0.2, -0.15) is 0 Å².